The van der Waals surface area contributed by atoms with Gasteiger partial charge in [-0.15, -0.1) is 0 Å². The molecule has 1 saturated heterocycles. The lowest BCUT2D eigenvalue weighted by atomic mass is 10.1. The zero-order valence-corrected chi connectivity index (χ0v) is 14.8. The number of carbonyl (C=O) groups excluding carboxylic acids is 2. The molecule has 3 amide bonds. The number of nitro benzene ring substituents is 1. The molecule has 10 nitrogen and oxygen atoms in total. The average Bonchev–Trinajstić information content (AvgIpc) is 2.66. The minimum Gasteiger partial charge on any atom is -0.368 e. The maximum Gasteiger partial charge on any atom is 0.318 e. The molecule has 142 valence electrons. The first-order valence-electron chi connectivity index (χ1n) is 8.49. The highest BCUT2D eigenvalue weighted by atomic mass is 16.6. The van der Waals surface area contributed by atoms with Gasteiger partial charge in [-0.3, -0.25) is 30.1 Å². The first kappa shape index (κ1) is 18.5. The van der Waals surface area contributed by atoms with Crippen LogP contribution in [-0.2, 0) is 4.79 Å². The summed E-state index contributed by atoms with van der Waals surface area (Å²) in [7, 11) is 0. The molecule has 0 bridgehead atoms. The van der Waals surface area contributed by atoms with Crippen molar-refractivity contribution < 1.29 is 14.5 Å². The van der Waals surface area contributed by atoms with Crippen molar-refractivity contribution >= 4 is 34.1 Å². The van der Waals surface area contributed by atoms with E-state index in [9.17, 15) is 19.7 Å². The number of fused-ring (bicyclic) bond motifs is 1. The van der Waals surface area contributed by atoms with Crippen LogP contribution in [0.15, 0.2) is 30.6 Å². The van der Waals surface area contributed by atoms with Crippen LogP contribution in [0.25, 0.3) is 10.8 Å². The number of anilines is 1. The van der Waals surface area contributed by atoms with E-state index < -0.39 is 22.9 Å². The molecule has 1 aromatic heterocycles. The van der Waals surface area contributed by atoms with Crippen molar-refractivity contribution in [2.24, 2.45) is 5.73 Å². The predicted octanol–water partition coefficient (Wildman–Crippen LogP) is 0.848. The molecular formula is C17H20N6O4. The lowest BCUT2D eigenvalue weighted by Gasteiger charge is -2.38. The van der Waals surface area contributed by atoms with Crippen LogP contribution in [0.3, 0.4) is 0 Å². The number of aromatic nitrogens is 1. The van der Waals surface area contributed by atoms with Gasteiger partial charge in [0.25, 0.3) is 5.69 Å². The van der Waals surface area contributed by atoms with Crippen LogP contribution in [0.2, 0.25) is 0 Å². The summed E-state index contributed by atoms with van der Waals surface area (Å²) in [5, 5.41) is 14.6. The number of imide groups is 1. The van der Waals surface area contributed by atoms with E-state index in [2.05, 4.69) is 15.2 Å². The number of hydrogen-bond acceptors (Lipinski definition) is 7. The Morgan fingerprint density at radius 3 is 2.56 bits per heavy atom. The van der Waals surface area contributed by atoms with Crippen molar-refractivity contribution in [3.05, 3.63) is 40.7 Å². The SMILES string of the molecule is CC(C(=O)NC(N)=O)N1CCN(c2ccc([N+](=O)[O-])c3cnccc23)CC1. The quantitative estimate of drug-likeness (QED) is 0.600. The third-order valence-corrected chi connectivity index (χ3v) is 4.80. The predicted molar refractivity (Wildman–Crippen MR) is 99.4 cm³/mol. The van der Waals surface area contributed by atoms with E-state index in [1.165, 1.54) is 12.3 Å². The summed E-state index contributed by atoms with van der Waals surface area (Å²) in [5.41, 5.74) is 5.91. The normalized spacial score (nSPS) is 16.1. The number of piperazine rings is 1. The second-order valence-corrected chi connectivity index (χ2v) is 6.33. The van der Waals surface area contributed by atoms with Gasteiger partial charge in [0.15, 0.2) is 0 Å². The van der Waals surface area contributed by atoms with E-state index in [-0.39, 0.29) is 5.69 Å². The number of nitrogens with zero attached hydrogens (tertiary/aromatic N) is 4. The number of primary amides is 1. The van der Waals surface area contributed by atoms with Gasteiger partial charge >= 0.3 is 6.03 Å². The Kier molecular flexibility index (Phi) is 5.17. The first-order chi connectivity index (χ1) is 12.9. The maximum absolute atomic E-state index is 11.9. The number of carbonyl (C=O) groups is 2. The Bertz CT molecular complexity index is 894. The number of rotatable bonds is 4. The summed E-state index contributed by atoms with van der Waals surface area (Å²) in [6.07, 6.45) is 3.12. The highest BCUT2D eigenvalue weighted by Gasteiger charge is 2.27. The minimum absolute atomic E-state index is 0.0252. The largest absolute Gasteiger partial charge is 0.368 e. The molecule has 2 aromatic rings. The van der Waals surface area contributed by atoms with Crippen molar-refractivity contribution in [3.8, 4) is 0 Å². The molecule has 0 saturated carbocycles. The third-order valence-electron chi connectivity index (χ3n) is 4.80. The van der Waals surface area contributed by atoms with Crippen molar-refractivity contribution in [2.45, 2.75) is 13.0 Å². The second-order valence-electron chi connectivity index (χ2n) is 6.33. The van der Waals surface area contributed by atoms with Gasteiger partial charge in [-0.2, -0.15) is 0 Å². The summed E-state index contributed by atoms with van der Waals surface area (Å²) < 4.78 is 0. The number of urea groups is 1. The molecule has 1 fully saturated rings. The zero-order chi connectivity index (χ0) is 19.6. The lowest BCUT2D eigenvalue weighted by molar-refractivity contribution is -0.383. The van der Waals surface area contributed by atoms with Crippen molar-refractivity contribution in [1.29, 1.82) is 0 Å². The summed E-state index contributed by atoms with van der Waals surface area (Å²) in [5.74, 6) is -0.428. The fraction of sp³-hybridized carbons (Fsp3) is 0.353. The highest BCUT2D eigenvalue weighted by Crippen LogP contribution is 2.33. The third kappa shape index (κ3) is 3.80. The standard InChI is InChI=1S/C17H20N6O4/c1-11(16(24)20-17(18)25)21-6-8-22(9-7-21)14-2-3-15(23(26)27)13-10-19-5-4-12(13)14/h2-5,10-11H,6-9H2,1H3,(H3,18,20,24,25). The van der Waals surface area contributed by atoms with Crippen LogP contribution in [0.5, 0.6) is 0 Å². The van der Waals surface area contributed by atoms with Gasteiger partial charge < -0.3 is 10.6 Å². The summed E-state index contributed by atoms with van der Waals surface area (Å²) >= 11 is 0. The van der Waals surface area contributed by atoms with Gasteiger partial charge in [-0.05, 0) is 19.1 Å². The van der Waals surface area contributed by atoms with E-state index in [0.717, 1.165) is 11.1 Å². The van der Waals surface area contributed by atoms with Gasteiger partial charge in [-0.1, -0.05) is 0 Å². The van der Waals surface area contributed by atoms with Crippen molar-refractivity contribution in [3.63, 3.8) is 0 Å². The molecule has 0 aliphatic carbocycles. The maximum atomic E-state index is 11.9. The molecule has 0 radical (unpaired) electrons. The molecule has 0 spiro atoms. The Balaban J connectivity index is 1.77. The van der Waals surface area contributed by atoms with Gasteiger partial charge in [-0.25, -0.2) is 4.79 Å². The van der Waals surface area contributed by atoms with Gasteiger partial charge in [0.05, 0.1) is 16.4 Å². The topological polar surface area (TPSA) is 135 Å². The van der Waals surface area contributed by atoms with Crippen molar-refractivity contribution in [2.75, 3.05) is 31.1 Å². The molecular weight excluding hydrogens is 352 g/mol. The Labute approximate surface area is 155 Å². The van der Waals surface area contributed by atoms with Crippen LogP contribution in [-0.4, -0.2) is 59.0 Å². The molecule has 2 heterocycles. The number of amides is 3. The van der Waals surface area contributed by atoms with E-state index >= 15 is 0 Å². The van der Waals surface area contributed by atoms with Crippen LogP contribution in [0.1, 0.15) is 6.92 Å². The van der Waals surface area contributed by atoms with E-state index in [1.807, 2.05) is 4.90 Å². The Morgan fingerprint density at radius 1 is 1.22 bits per heavy atom. The molecule has 27 heavy (non-hydrogen) atoms. The molecule has 1 unspecified atom stereocenters. The summed E-state index contributed by atoms with van der Waals surface area (Å²) in [6.45, 7) is 4.22. The van der Waals surface area contributed by atoms with E-state index in [4.69, 9.17) is 5.73 Å². The second kappa shape index (κ2) is 7.54. The number of non-ortho nitro benzene ring substituents is 1. The van der Waals surface area contributed by atoms with Gasteiger partial charge in [0.1, 0.15) is 0 Å². The Morgan fingerprint density at radius 2 is 1.93 bits per heavy atom. The molecule has 10 heteroatoms. The number of pyridine rings is 1. The minimum atomic E-state index is -0.864. The zero-order valence-electron chi connectivity index (χ0n) is 14.8. The number of nitro groups is 1. The smallest absolute Gasteiger partial charge is 0.318 e. The number of benzene rings is 1. The number of nitrogens with one attached hydrogen (secondary N) is 1. The Hall–Kier alpha value is -3.27. The number of hydrogen-bond donors (Lipinski definition) is 2. The molecule has 1 aliphatic heterocycles. The van der Waals surface area contributed by atoms with Crippen LogP contribution in [0, 0.1) is 10.1 Å². The number of nitrogens with two attached hydrogens (primary N) is 1. The summed E-state index contributed by atoms with van der Waals surface area (Å²) in [6, 6.07) is 3.68. The van der Waals surface area contributed by atoms with Gasteiger partial charge in [0, 0.05) is 55.7 Å². The van der Waals surface area contributed by atoms with Crippen LogP contribution < -0.4 is 16.0 Å². The molecule has 1 aromatic carbocycles. The highest BCUT2D eigenvalue weighted by molar-refractivity contribution is 5.99. The monoisotopic (exact) mass is 372 g/mol. The van der Waals surface area contributed by atoms with E-state index in [0.29, 0.717) is 31.6 Å². The molecule has 3 rings (SSSR count). The fourth-order valence-electron chi connectivity index (χ4n) is 3.34. The van der Waals surface area contributed by atoms with Gasteiger partial charge in [0.2, 0.25) is 5.91 Å². The summed E-state index contributed by atoms with van der Waals surface area (Å²) in [4.78, 5) is 41.7. The molecule has 1 aliphatic rings. The van der Waals surface area contributed by atoms with Crippen LogP contribution >= 0.6 is 0 Å². The fourth-order valence-corrected chi connectivity index (χ4v) is 3.34. The average molecular weight is 372 g/mol. The first-order valence-corrected chi connectivity index (χ1v) is 8.49. The molecule has 1 atom stereocenters. The van der Waals surface area contributed by atoms with Crippen LogP contribution in [0.4, 0.5) is 16.2 Å². The van der Waals surface area contributed by atoms with Crippen molar-refractivity contribution in [1.82, 2.24) is 15.2 Å². The molecule has 3 N–H and O–H groups in total. The lowest BCUT2D eigenvalue weighted by Crippen LogP contribution is -2.55. The van der Waals surface area contributed by atoms with E-state index in [1.54, 1.807) is 25.3 Å².